The van der Waals surface area contributed by atoms with Crippen LogP contribution in [-0.2, 0) is 6.54 Å². The number of aryl methyl sites for hydroxylation is 2. The molecule has 21 heavy (non-hydrogen) atoms. The summed E-state index contributed by atoms with van der Waals surface area (Å²) in [4.78, 5) is 4.30. The number of rotatable bonds is 6. The van der Waals surface area contributed by atoms with E-state index < -0.39 is 0 Å². The lowest BCUT2D eigenvalue weighted by atomic mass is 10.1. The topological polar surface area (TPSA) is 34.1 Å². The minimum atomic E-state index is -0.136. The van der Waals surface area contributed by atoms with Crippen LogP contribution in [0.1, 0.15) is 30.0 Å². The van der Waals surface area contributed by atoms with E-state index in [1.165, 1.54) is 0 Å². The summed E-state index contributed by atoms with van der Waals surface area (Å²) < 4.78 is 19.3. The first kappa shape index (κ1) is 15.3. The second-order valence-electron chi connectivity index (χ2n) is 5.10. The molecular formula is C17H21FN2O. The summed E-state index contributed by atoms with van der Waals surface area (Å²) in [5, 5.41) is 3.25. The monoisotopic (exact) mass is 288 g/mol. The van der Waals surface area contributed by atoms with Crippen LogP contribution in [0, 0.1) is 19.7 Å². The van der Waals surface area contributed by atoms with Gasteiger partial charge in [-0.3, -0.25) is 0 Å². The Morgan fingerprint density at radius 1 is 1.24 bits per heavy atom. The number of nitrogens with zero attached hydrogens (tertiary/aromatic N) is 1. The molecular weight excluding hydrogens is 267 g/mol. The van der Waals surface area contributed by atoms with Crippen LogP contribution in [0.4, 0.5) is 10.2 Å². The van der Waals surface area contributed by atoms with Gasteiger partial charge in [0.1, 0.15) is 5.82 Å². The van der Waals surface area contributed by atoms with Gasteiger partial charge >= 0.3 is 0 Å². The molecule has 0 aliphatic heterocycles. The fraction of sp³-hybridized carbons (Fsp3) is 0.353. The Morgan fingerprint density at radius 2 is 1.95 bits per heavy atom. The largest absolute Gasteiger partial charge is 0.490 e. The smallest absolute Gasteiger partial charge is 0.169 e. The van der Waals surface area contributed by atoms with Crippen molar-refractivity contribution in [3.8, 4) is 5.75 Å². The highest BCUT2D eigenvalue weighted by atomic mass is 19.1. The van der Waals surface area contributed by atoms with Crippen molar-refractivity contribution >= 4 is 5.82 Å². The number of aromatic nitrogens is 1. The van der Waals surface area contributed by atoms with Gasteiger partial charge in [0, 0.05) is 12.7 Å². The standard InChI is InChI=1S/C17H21FN2O/c1-4-8-21-15-6-5-7-19-17(15)20-11-14-9-12(2)16(18)13(3)10-14/h5-7,9-10H,4,8,11H2,1-3H3,(H,19,20). The van der Waals surface area contributed by atoms with Crippen molar-refractivity contribution in [2.75, 3.05) is 11.9 Å². The second-order valence-corrected chi connectivity index (χ2v) is 5.10. The Labute approximate surface area is 125 Å². The van der Waals surface area contributed by atoms with Crippen LogP contribution >= 0.6 is 0 Å². The van der Waals surface area contributed by atoms with Crippen LogP contribution < -0.4 is 10.1 Å². The highest BCUT2D eigenvalue weighted by molar-refractivity contribution is 5.50. The third kappa shape index (κ3) is 3.94. The van der Waals surface area contributed by atoms with E-state index in [-0.39, 0.29) is 5.82 Å². The number of nitrogens with one attached hydrogen (secondary N) is 1. The summed E-state index contributed by atoms with van der Waals surface area (Å²) in [5.41, 5.74) is 2.35. The van der Waals surface area contributed by atoms with Crippen LogP contribution in [0.15, 0.2) is 30.5 Å². The molecule has 0 atom stereocenters. The highest BCUT2D eigenvalue weighted by Gasteiger charge is 2.07. The predicted molar refractivity (Wildman–Crippen MR) is 83.2 cm³/mol. The molecule has 0 aliphatic rings. The van der Waals surface area contributed by atoms with Crippen molar-refractivity contribution < 1.29 is 9.13 Å². The lowest BCUT2D eigenvalue weighted by Crippen LogP contribution is -2.06. The van der Waals surface area contributed by atoms with Gasteiger partial charge < -0.3 is 10.1 Å². The van der Waals surface area contributed by atoms with E-state index in [9.17, 15) is 4.39 Å². The molecule has 112 valence electrons. The van der Waals surface area contributed by atoms with E-state index in [1.54, 1.807) is 20.0 Å². The maximum Gasteiger partial charge on any atom is 0.169 e. The average molecular weight is 288 g/mol. The van der Waals surface area contributed by atoms with Gasteiger partial charge in [-0.05, 0) is 49.1 Å². The van der Waals surface area contributed by atoms with Crippen LogP contribution in [0.25, 0.3) is 0 Å². The van der Waals surface area contributed by atoms with Gasteiger partial charge in [-0.2, -0.15) is 0 Å². The lowest BCUT2D eigenvalue weighted by molar-refractivity contribution is 0.318. The number of hydrogen-bond donors (Lipinski definition) is 1. The van der Waals surface area contributed by atoms with E-state index in [4.69, 9.17) is 4.74 Å². The Bertz CT molecular complexity index is 590. The fourth-order valence-electron chi connectivity index (χ4n) is 2.18. The van der Waals surface area contributed by atoms with Crippen LogP contribution in [0.2, 0.25) is 0 Å². The minimum absolute atomic E-state index is 0.136. The zero-order chi connectivity index (χ0) is 15.2. The molecule has 2 rings (SSSR count). The van der Waals surface area contributed by atoms with Crippen LogP contribution in [-0.4, -0.2) is 11.6 Å². The molecule has 0 bridgehead atoms. The van der Waals surface area contributed by atoms with Crippen molar-refractivity contribution in [3.05, 3.63) is 53.0 Å². The third-order valence-electron chi connectivity index (χ3n) is 3.19. The zero-order valence-electron chi connectivity index (χ0n) is 12.7. The maximum atomic E-state index is 13.6. The van der Waals surface area contributed by atoms with Crippen molar-refractivity contribution in [3.63, 3.8) is 0 Å². The van der Waals surface area contributed by atoms with Crippen molar-refractivity contribution in [1.82, 2.24) is 4.98 Å². The summed E-state index contributed by atoms with van der Waals surface area (Å²) in [6, 6.07) is 7.45. The molecule has 0 radical (unpaired) electrons. The molecule has 4 heteroatoms. The van der Waals surface area contributed by atoms with E-state index in [0.717, 1.165) is 17.7 Å². The molecule has 1 N–H and O–H groups in total. The third-order valence-corrected chi connectivity index (χ3v) is 3.19. The summed E-state index contributed by atoms with van der Waals surface area (Å²) in [5.74, 6) is 1.32. The summed E-state index contributed by atoms with van der Waals surface area (Å²) in [6.45, 7) is 6.87. The fourth-order valence-corrected chi connectivity index (χ4v) is 2.18. The first-order chi connectivity index (χ1) is 10.1. The number of anilines is 1. The zero-order valence-corrected chi connectivity index (χ0v) is 12.7. The Kier molecular flexibility index (Phi) is 5.14. The number of ether oxygens (including phenoxy) is 1. The molecule has 0 amide bonds. The van der Waals surface area contributed by atoms with Gasteiger partial charge in [-0.25, -0.2) is 9.37 Å². The molecule has 1 heterocycles. The SMILES string of the molecule is CCCOc1cccnc1NCc1cc(C)c(F)c(C)c1. The maximum absolute atomic E-state index is 13.6. The molecule has 0 saturated carbocycles. The van der Waals surface area contributed by atoms with Crippen molar-refractivity contribution in [2.24, 2.45) is 0 Å². The van der Waals surface area contributed by atoms with Gasteiger partial charge in [0.2, 0.25) is 0 Å². The molecule has 1 aromatic heterocycles. The van der Waals surface area contributed by atoms with E-state index >= 15 is 0 Å². The lowest BCUT2D eigenvalue weighted by Gasteiger charge is -2.12. The Balaban J connectivity index is 2.09. The van der Waals surface area contributed by atoms with Gasteiger partial charge in [0.25, 0.3) is 0 Å². The predicted octanol–water partition coefficient (Wildman–Crippen LogP) is 4.24. The average Bonchev–Trinajstić information content (AvgIpc) is 2.49. The number of hydrogen-bond acceptors (Lipinski definition) is 3. The van der Waals surface area contributed by atoms with E-state index in [1.807, 2.05) is 24.3 Å². The van der Waals surface area contributed by atoms with Crippen LogP contribution in [0.3, 0.4) is 0 Å². The number of halogens is 1. The summed E-state index contributed by atoms with van der Waals surface area (Å²) in [7, 11) is 0. The Morgan fingerprint density at radius 3 is 2.62 bits per heavy atom. The molecule has 0 spiro atoms. The van der Waals surface area contributed by atoms with Gasteiger partial charge in [0.15, 0.2) is 11.6 Å². The molecule has 3 nitrogen and oxygen atoms in total. The molecule has 0 fully saturated rings. The minimum Gasteiger partial charge on any atom is -0.490 e. The number of benzene rings is 1. The molecule has 0 unspecified atom stereocenters. The second kappa shape index (κ2) is 7.07. The molecule has 2 aromatic rings. The van der Waals surface area contributed by atoms with Crippen molar-refractivity contribution in [2.45, 2.75) is 33.7 Å². The number of pyridine rings is 1. The molecule has 1 aromatic carbocycles. The van der Waals surface area contributed by atoms with Gasteiger partial charge in [0.05, 0.1) is 6.61 Å². The Hall–Kier alpha value is -2.10. The van der Waals surface area contributed by atoms with Crippen molar-refractivity contribution in [1.29, 1.82) is 0 Å². The first-order valence-corrected chi connectivity index (χ1v) is 7.19. The van der Waals surface area contributed by atoms with E-state index in [0.29, 0.717) is 30.1 Å². The van der Waals surface area contributed by atoms with E-state index in [2.05, 4.69) is 17.2 Å². The molecule has 0 aliphatic carbocycles. The normalized spacial score (nSPS) is 10.5. The first-order valence-electron chi connectivity index (χ1n) is 7.19. The quantitative estimate of drug-likeness (QED) is 0.863. The summed E-state index contributed by atoms with van der Waals surface area (Å²) >= 11 is 0. The van der Waals surface area contributed by atoms with Gasteiger partial charge in [-0.15, -0.1) is 0 Å². The van der Waals surface area contributed by atoms with Crippen LogP contribution in [0.5, 0.6) is 5.75 Å². The summed E-state index contributed by atoms with van der Waals surface area (Å²) in [6.07, 6.45) is 2.67. The van der Waals surface area contributed by atoms with Gasteiger partial charge in [-0.1, -0.05) is 19.1 Å². The molecule has 0 saturated heterocycles. The highest BCUT2D eigenvalue weighted by Crippen LogP contribution is 2.22.